The largest absolute Gasteiger partial charge is 0.492 e. The van der Waals surface area contributed by atoms with Gasteiger partial charge in [0.25, 0.3) is 0 Å². The molecule has 0 atom stereocenters. The Morgan fingerprint density at radius 3 is 2.58 bits per heavy atom. The molecule has 2 aromatic rings. The zero-order valence-electron chi connectivity index (χ0n) is 19.6. The highest BCUT2D eigenvalue weighted by molar-refractivity contribution is 5.91. The maximum Gasteiger partial charge on any atom is 0.319 e. The lowest BCUT2D eigenvalue weighted by Crippen LogP contribution is -2.33. The summed E-state index contributed by atoms with van der Waals surface area (Å²) in [6, 6.07) is 15.1. The maximum atomic E-state index is 12.4. The van der Waals surface area contributed by atoms with Gasteiger partial charge in [-0.3, -0.25) is 4.90 Å². The number of carbonyl (C=O) groups excluding carboxylic acids is 1. The number of hydrogen-bond donors (Lipinski definition) is 3. The molecule has 7 nitrogen and oxygen atoms in total. The van der Waals surface area contributed by atoms with Gasteiger partial charge in [-0.2, -0.15) is 0 Å². The summed E-state index contributed by atoms with van der Waals surface area (Å²) in [4.78, 5) is 16.8. The molecule has 1 fully saturated rings. The molecular weight excluding hydrogens is 414 g/mol. The first-order valence-corrected chi connectivity index (χ1v) is 11.5. The van der Waals surface area contributed by atoms with Crippen molar-refractivity contribution in [2.45, 2.75) is 25.8 Å². The smallest absolute Gasteiger partial charge is 0.319 e. The van der Waals surface area contributed by atoms with Crippen molar-refractivity contribution in [3.63, 3.8) is 0 Å². The molecule has 1 aliphatic heterocycles. The van der Waals surface area contributed by atoms with E-state index in [0.717, 1.165) is 42.2 Å². The molecule has 1 heterocycles. The van der Waals surface area contributed by atoms with Crippen LogP contribution in [0.15, 0.2) is 54.6 Å². The molecule has 0 aliphatic carbocycles. The van der Waals surface area contributed by atoms with Gasteiger partial charge in [-0.25, -0.2) is 4.79 Å². The molecule has 1 aliphatic rings. The summed E-state index contributed by atoms with van der Waals surface area (Å²) in [7, 11) is 3.86. The highest BCUT2D eigenvalue weighted by Crippen LogP contribution is 2.30. The molecule has 0 saturated carbocycles. The molecule has 176 valence electrons. The summed E-state index contributed by atoms with van der Waals surface area (Å²) in [6.07, 6.45) is 6.82. The van der Waals surface area contributed by atoms with Crippen molar-refractivity contribution in [2.75, 3.05) is 45.7 Å². The molecule has 3 rings (SSSR count). The Morgan fingerprint density at radius 1 is 1.12 bits per heavy atom. The fraction of sp³-hybridized carbons (Fsp3) is 0.385. The minimum atomic E-state index is -0.272. The van der Waals surface area contributed by atoms with E-state index in [2.05, 4.69) is 15.5 Å². The molecule has 0 radical (unpaired) electrons. The highest BCUT2D eigenvalue weighted by Gasteiger charge is 2.15. The van der Waals surface area contributed by atoms with E-state index in [9.17, 15) is 4.79 Å². The summed E-state index contributed by atoms with van der Waals surface area (Å²) >= 11 is 0. The zero-order valence-corrected chi connectivity index (χ0v) is 19.6. The van der Waals surface area contributed by atoms with E-state index in [1.165, 1.54) is 25.5 Å². The molecule has 2 aromatic carbocycles. The molecule has 1 saturated heterocycles. The van der Waals surface area contributed by atoms with Gasteiger partial charge in [-0.15, -0.1) is 0 Å². The summed E-state index contributed by atoms with van der Waals surface area (Å²) in [5.74, 6) is 0.740. The Bertz CT molecular complexity index is 937. The Labute approximate surface area is 196 Å². The van der Waals surface area contributed by atoms with Gasteiger partial charge in [-0.05, 0) is 55.8 Å². The van der Waals surface area contributed by atoms with Crippen molar-refractivity contribution in [1.29, 1.82) is 5.41 Å². The molecule has 0 spiro atoms. The molecule has 0 unspecified atom stereocenters. The second-order valence-corrected chi connectivity index (χ2v) is 8.37. The number of hydrogen-bond acceptors (Lipinski definition) is 5. The van der Waals surface area contributed by atoms with Crippen LogP contribution in [0.2, 0.25) is 0 Å². The number of urea groups is 1. The van der Waals surface area contributed by atoms with Gasteiger partial charge in [0.05, 0.1) is 0 Å². The fourth-order valence-corrected chi connectivity index (χ4v) is 3.91. The first-order chi connectivity index (χ1) is 16.1. The Hall–Kier alpha value is -3.32. The quantitative estimate of drug-likeness (QED) is 0.469. The number of rotatable bonds is 10. The maximum absolute atomic E-state index is 12.4. The normalized spacial score (nSPS) is 14.4. The van der Waals surface area contributed by atoms with Gasteiger partial charge < -0.3 is 25.7 Å². The number of benzene rings is 2. The predicted octanol–water partition coefficient (Wildman–Crippen LogP) is 4.43. The molecular formula is C26H35N5O2. The minimum absolute atomic E-state index is 0.272. The summed E-state index contributed by atoms with van der Waals surface area (Å²) in [5.41, 5.74) is 3.38. The van der Waals surface area contributed by atoms with Crippen LogP contribution in [0, 0.1) is 5.41 Å². The average molecular weight is 450 g/mol. The van der Waals surface area contributed by atoms with Crippen molar-refractivity contribution in [1.82, 2.24) is 15.1 Å². The van der Waals surface area contributed by atoms with Crippen LogP contribution in [0.5, 0.6) is 5.75 Å². The number of likely N-dealkylation sites (tertiary alicyclic amines) is 1. The van der Waals surface area contributed by atoms with Gasteiger partial charge in [-0.1, -0.05) is 36.8 Å². The van der Waals surface area contributed by atoms with Crippen molar-refractivity contribution in [3.05, 3.63) is 65.7 Å². The summed E-state index contributed by atoms with van der Waals surface area (Å²) in [6.45, 7) is 4.21. The number of carbonyl (C=O) groups is 1. The number of nitrogens with zero attached hydrogens (tertiary/aromatic N) is 2. The fourth-order valence-electron chi connectivity index (χ4n) is 3.91. The number of piperidine rings is 1. The van der Waals surface area contributed by atoms with Crippen molar-refractivity contribution in [2.24, 2.45) is 0 Å². The van der Waals surface area contributed by atoms with E-state index >= 15 is 0 Å². The lowest BCUT2D eigenvalue weighted by molar-refractivity contribution is 0.183. The topological polar surface area (TPSA) is 80.7 Å². The van der Waals surface area contributed by atoms with E-state index in [4.69, 9.17) is 10.1 Å². The van der Waals surface area contributed by atoms with E-state index in [1.807, 2.05) is 67.5 Å². The molecule has 0 aromatic heterocycles. The first kappa shape index (κ1) is 24.3. The second kappa shape index (κ2) is 12.6. The lowest BCUT2D eigenvalue weighted by atomic mass is 10.1. The number of allylic oxidation sites excluding steroid dienone is 1. The minimum Gasteiger partial charge on any atom is -0.492 e. The van der Waals surface area contributed by atoms with E-state index < -0.39 is 0 Å². The van der Waals surface area contributed by atoms with Gasteiger partial charge in [0.15, 0.2) is 0 Å². The van der Waals surface area contributed by atoms with E-state index in [1.54, 1.807) is 6.08 Å². The van der Waals surface area contributed by atoms with E-state index in [-0.39, 0.29) is 6.03 Å². The van der Waals surface area contributed by atoms with Gasteiger partial charge in [0.2, 0.25) is 0 Å². The zero-order chi connectivity index (χ0) is 23.5. The molecule has 7 heteroatoms. The highest BCUT2D eigenvalue weighted by atomic mass is 16.5. The van der Waals surface area contributed by atoms with Crippen LogP contribution in [-0.2, 0) is 6.54 Å². The number of amides is 2. The summed E-state index contributed by atoms with van der Waals surface area (Å²) < 4.78 is 6.17. The SMILES string of the molecule is CN(C)/C(=C\C=N)c1cc(NC(=O)NCc2ccccc2)ccc1OCCN1CCCCC1. The number of anilines is 1. The predicted molar refractivity (Wildman–Crippen MR) is 135 cm³/mol. The second-order valence-electron chi connectivity index (χ2n) is 8.37. The molecule has 2 amide bonds. The van der Waals surface area contributed by atoms with Gasteiger partial charge in [0.1, 0.15) is 12.4 Å². The standard InChI is InChI=1S/C26H35N5O2/c1-30(2)24(13-14-27)23-19-22(29-26(32)28-20-21-9-5-3-6-10-21)11-12-25(23)33-18-17-31-15-7-4-8-16-31/h3,5-6,9-14,19,27H,4,7-8,15-18,20H2,1-2H3,(H2,28,29,32)/b24-13-,27-14?. The summed E-state index contributed by atoms with van der Waals surface area (Å²) in [5, 5.41) is 13.4. The number of ether oxygens (including phenoxy) is 1. The third kappa shape index (κ3) is 7.64. The van der Waals surface area contributed by atoms with Crippen LogP contribution in [0.4, 0.5) is 10.5 Å². The van der Waals surface area contributed by atoms with Crippen LogP contribution in [0.25, 0.3) is 5.70 Å². The van der Waals surface area contributed by atoms with Crippen molar-refractivity contribution >= 4 is 23.6 Å². The van der Waals surface area contributed by atoms with Gasteiger partial charge >= 0.3 is 6.03 Å². The molecule has 3 N–H and O–H groups in total. The Kier molecular flexibility index (Phi) is 9.32. The van der Waals surface area contributed by atoms with Crippen molar-refractivity contribution in [3.8, 4) is 5.75 Å². The third-order valence-electron chi connectivity index (χ3n) is 5.65. The third-order valence-corrected chi connectivity index (χ3v) is 5.65. The van der Waals surface area contributed by atoms with Crippen LogP contribution in [0.1, 0.15) is 30.4 Å². The average Bonchev–Trinajstić information content (AvgIpc) is 2.83. The Balaban J connectivity index is 1.69. The van der Waals surface area contributed by atoms with E-state index in [0.29, 0.717) is 18.8 Å². The van der Waals surface area contributed by atoms with Crippen LogP contribution in [0.3, 0.4) is 0 Å². The molecule has 0 bridgehead atoms. The molecule has 33 heavy (non-hydrogen) atoms. The monoisotopic (exact) mass is 449 g/mol. The lowest BCUT2D eigenvalue weighted by Gasteiger charge is -2.27. The van der Waals surface area contributed by atoms with Crippen LogP contribution < -0.4 is 15.4 Å². The van der Waals surface area contributed by atoms with Crippen molar-refractivity contribution < 1.29 is 9.53 Å². The number of nitrogens with one attached hydrogen (secondary N) is 3. The van der Waals surface area contributed by atoms with Crippen LogP contribution in [-0.4, -0.2) is 62.4 Å². The Morgan fingerprint density at radius 2 is 1.88 bits per heavy atom. The van der Waals surface area contributed by atoms with Crippen LogP contribution >= 0.6 is 0 Å². The van der Waals surface area contributed by atoms with Gasteiger partial charge in [0, 0.05) is 50.3 Å². The first-order valence-electron chi connectivity index (χ1n) is 11.5.